The molecule has 0 aromatic heterocycles. The van der Waals surface area contributed by atoms with Crippen LogP contribution in [0.3, 0.4) is 0 Å². The third-order valence-electron chi connectivity index (χ3n) is 2.90. The van der Waals surface area contributed by atoms with Crippen LogP contribution in [0.15, 0.2) is 54.6 Å². The summed E-state index contributed by atoms with van der Waals surface area (Å²) < 4.78 is 0. The molecule has 2 aromatic rings. The Morgan fingerprint density at radius 3 is 2.56 bits per heavy atom. The molecule has 0 saturated heterocycles. The van der Waals surface area contributed by atoms with E-state index < -0.39 is 0 Å². The Kier molecular flexibility index (Phi) is 4.80. The van der Waals surface area contributed by atoms with Crippen molar-refractivity contribution < 1.29 is 0 Å². The zero-order chi connectivity index (χ0) is 12.8. The predicted molar refractivity (Wildman–Crippen MR) is 77.9 cm³/mol. The summed E-state index contributed by atoms with van der Waals surface area (Å²) >= 11 is 6.34. The van der Waals surface area contributed by atoms with Gasteiger partial charge in [0, 0.05) is 13.1 Å². The molecule has 0 aliphatic rings. The Labute approximate surface area is 114 Å². The van der Waals surface area contributed by atoms with Crippen LogP contribution in [0.4, 0.5) is 0 Å². The minimum absolute atomic E-state index is 0.0241. The highest BCUT2D eigenvalue weighted by molar-refractivity contribution is 6.21. The van der Waals surface area contributed by atoms with E-state index in [-0.39, 0.29) is 5.38 Å². The van der Waals surface area contributed by atoms with Gasteiger partial charge in [0.1, 0.15) is 0 Å². The first kappa shape index (κ1) is 13.1. The predicted octanol–water partition coefficient (Wildman–Crippen LogP) is 4.06. The van der Waals surface area contributed by atoms with Crippen LogP contribution in [0.2, 0.25) is 0 Å². The van der Waals surface area contributed by atoms with Gasteiger partial charge in [0.2, 0.25) is 0 Å². The topological polar surface area (TPSA) is 12.0 Å². The van der Waals surface area contributed by atoms with E-state index in [0.29, 0.717) is 0 Å². The van der Waals surface area contributed by atoms with E-state index in [1.165, 1.54) is 11.1 Å². The van der Waals surface area contributed by atoms with Crippen molar-refractivity contribution in [3.05, 3.63) is 71.3 Å². The van der Waals surface area contributed by atoms with E-state index in [9.17, 15) is 0 Å². The molecule has 94 valence electrons. The Bertz CT molecular complexity index is 481. The van der Waals surface area contributed by atoms with Gasteiger partial charge in [0.05, 0.1) is 5.38 Å². The summed E-state index contributed by atoms with van der Waals surface area (Å²) in [4.78, 5) is 0. The summed E-state index contributed by atoms with van der Waals surface area (Å²) in [5.74, 6) is 0. The van der Waals surface area contributed by atoms with E-state index in [1.54, 1.807) is 0 Å². The smallest absolute Gasteiger partial charge is 0.0709 e. The molecule has 0 saturated carbocycles. The highest BCUT2D eigenvalue weighted by Gasteiger charge is 2.06. The summed E-state index contributed by atoms with van der Waals surface area (Å²) in [5.41, 5.74) is 3.75. The van der Waals surface area contributed by atoms with Crippen molar-refractivity contribution in [3.63, 3.8) is 0 Å². The zero-order valence-corrected chi connectivity index (χ0v) is 11.3. The van der Waals surface area contributed by atoms with Gasteiger partial charge in [-0.1, -0.05) is 60.2 Å². The maximum absolute atomic E-state index is 6.34. The van der Waals surface area contributed by atoms with Crippen LogP contribution in [0.25, 0.3) is 0 Å². The molecule has 1 N–H and O–H groups in total. The van der Waals surface area contributed by atoms with Gasteiger partial charge in [-0.3, -0.25) is 0 Å². The molecular formula is C16H18ClN. The van der Waals surface area contributed by atoms with Gasteiger partial charge >= 0.3 is 0 Å². The summed E-state index contributed by atoms with van der Waals surface area (Å²) in [5, 5.41) is 3.42. The van der Waals surface area contributed by atoms with Crippen LogP contribution < -0.4 is 5.32 Å². The number of benzene rings is 2. The molecule has 0 aliphatic heterocycles. The number of halogens is 1. The Morgan fingerprint density at radius 1 is 1.06 bits per heavy atom. The highest BCUT2D eigenvalue weighted by Crippen LogP contribution is 2.18. The van der Waals surface area contributed by atoms with Crippen LogP contribution in [0, 0.1) is 6.92 Å². The molecule has 0 heterocycles. The third-order valence-corrected chi connectivity index (χ3v) is 3.30. The molecule has 2 aromatic carbocycles. The van der Waals surface area contributed by atoms with E-state index in [2.05, 4.69) is 48.6 Å². The fraction of sp³-hybridized carbons (Fsp3) is 0.250. The summed E-state index contributed by atoms with van der Waals surface area (Å²) in [6, 6.07) is 18.7. The summed E-state index contributed by atoms with van der Waals surface area (Å²) in [7, 11) is 0. The monoisotopic (exact) mass is 259 g/mol. The van der Waals surface area contributed by atoms with Crippen LogP contribution >= 0.6 is 11.6 Å². The van der Waals surface area contributed by atoms with Crippen LogP contribution in [0.1, 0.15) is 22.1 Å². The van der Waals surface area contributed by atoms with Crippen LogP contribution in [-0.4, -0.2) is 6.54 Å². The maximum atomic E-state index is 6.34. The molecule has 2 heteroatoms. The van der Waals surface area contributed by atoms with Gasteiger partial charge < -0.3 is 5.32 Å². The lowest BCUT2D eigenvalue weighted by Gasteiger charge is -2.11. The largest absolute Gasteiger partial charge is 0.311 e. The van der Waals surface area contributed by atoms with Crippen molar-refractivity contribution >= 4 is 11.6 Å². The van der Waals surface area contributed by atoms with Gasteiger partial charge in [-0.15, -0.1) is 11.6 Å². The molecule has 0 radical (unpaired) electrons. The average molecular weight is 260 g/mol. The first-order valence-corrected chi connectivity index (χ1v) is 6.64. The van der Waals surface area contributed by atoms with E-state index in [4.69, 9.17) is 11.6 Å². The molecule has 2 rings (SSSR count). The van der Waals surface area contributed by atoms with E-state index in [0.717, 1.165) is 18.7 Å². The van der Waals surface area contributed by atoms with Crippen molar-refractivity contribution in [1.82, 2.24) is 5.32 Å². The lowest BCUT2D eigenvalue weighted by molar-refractivity contribution is 0.674. The van der Waals surface area contributed by atoms with Gasteiger partial charge in [-0.2, -0.15) is 0 Å². The van der Waals surface area contributed by atoms with Crippen LogP contribution in [0.5, 0.6) is 0 Å². The fourth-order valence-corrected chi connectivity index (χ4v) is 2.20. The molecule has 0 bridgehead atoms. The molecule has 0 spiro atoms. The lowest BCUT2D eigenvalue weighted by Crippen LogP contribution is -2.18. The number of hydrogen-bond acceptors (Lipinski definition) is 1. The second-order valence-corrected chi connectivity index (χ2v) is 5.02. The summed E-state index contributed by atoms with van der Waals surface area (Å²) in [6.45, 7) is 3.75. The standard InChI is InChI=1S/C16H18ClN/c1-13-6-5-7-14(10-13)11-18-12-16(17)15-8-3-2-4-9-15/h2-10,16,18H,11-12H2,1H3. The first-order chi connectivity index (χ1) is 8.75. The molecule has 0 amide bonds. The third kappa shape index (κ3) is 3.86. The number of hydrogen-bond donors (Lipinski definition) is 1. The number of nitrogens with one attached hydrogen (secondary N) is 1. The van der Waals surface area contributed by atoms with Crippen molar-refractivity contribution in [2.24, 2.45) is 0 Å². The van der Waals surface area contributed by atoms with Gasteiger partial charge in [0.15, 0.2) is 0 Å². The second-order valence-electron chi connectivity index (χ2n) is 4.50. The molecule has 0 aliphatic carbocycles. The quantitative estimate of drug-likeness (QED) is 0.799. The fourth-order valence-electron chi connectivity index (χ4n) is 1.95. The molecular weight excluding hydrogens is 242 g/mol. The molecule has 0 fully saturated rings. The molecule has 1 nitrogen and oxygen atoms in total. The Hall–Kier alpha value is -1.31. The maximum Gasteiger partial charge on any atom is 0.0709 e. The first-order valence-electron chi connectivity index (χ1n) is 6.21. The van der Waals surface area contributed by atoms with Gasteiger partial charge in [-0.25, -0.2) is 0 Å². The lowest BCUT2D eigenvalue weighted by atomic mass is 10.1. The number of aryl methyl sites for hydroxylation is 1. The minimum Gasteiger partial charge on any atom is -0.311 e. The molecule has 18 heavy (non-hydrogen) atoms. The minimum atomic E-state index is 0.0241. The van der Waals surface area contributed by atoms with Crippen molar-refractivity contribution in [3.8, 4) is 0 Å². The van der Waals surface area contributed by atoms with Gasteiger partial charge in [0.25, 0.3) is 0 Å². The average Bonchev–Trinajstić information content (AvgIpc) is 2.40. The van der Waals surface area contributed by atoms with E-state index in [1.807, 2.05) is 18.2 Å². The van der Waals surface area contributed by atoms with Crippen molar-refractivity contribution in [1.29, 1.82) is 0 Å². The van der Waals surface area contributed by atoms with E-state index >= 15 is 0 Å². The van der Waals surface area contributed by atoms with Gasteiger partial charge in [-0.05, 0) is 18.1 Å². The molecule has 1 atom stereocenters. The summed E-state index contributed by atoms with van der Waals surface area (Å²) in [6.07, 6.45) is 0. The SMILES string of the molecule is Cc1cccc(CNCC(Cl)c2ccccc2)c1. The highest BCUT2D eigenvalue weighted by atomic mass is 35.5. The normalized spacial score (nSPS) is 12.3. The van der Waals surface area contributed by atoms with Crippen molar-refractivity contribution in [2.75, 3.05) is 6.54 Å². The Balaban J connectivity index is 1.82. The Morgan fingerprint density at radius 2 is 1.83 bits per heavy atom. The van der Waals surface area contributed by atoms with Crippen molar-refractivity contribution in [2.45, 2.75) is 18.8 Å². The van der Waals surface area contributed by atoms with Crippen LogP contribution in [-0.2, 0) is 6.54 Å². The molecule has 1 unspecified atom stereocenters. The number of rotatable bonds is 5. The number of alkyl halides is 1. The second kappa shape index (κ2) is 6.58. The zero-order valence-electron chi connectivity index (χ0n) is 10.6.